The molecule has 0 aromatic heterocycles. The summed E-state index contributed by atoms with van der Waals surface area (Å²) in [5.74, 6) is -0.334. The molecule has 1 rings (SSSR count). The van der Waals surface area contributed by atoms with Gasteiger partial charge in [0.2, 0.25) is 0 Å². The van der Waals surface area contributed by atoms with Crippen LogP contribution in [0, 0.1) is 0 Å². The van der Waals surface area contributed by atoms with Gasteiger partial charge in [0.15, 0.2) is 5.79 Å². The topological polar surface area (TPSA) is 18.5 Å². The van der Waals surface area contributed by atoms with Gasteiger partial charge < -0.3 is 9.47 Å². The minimum atomic E-state index is -0.334. The summed E-state index contributed by atoms with van der Waals surface area (Å²) >= 11 is 0. The van der Waals surface area contributed by atoms with E-state index in [4.69, 9.17) is 9.47 Å². The van der Waals surface area contributed by atoms with Crippen LogP contribution in [-0.4, -0.2) is 18.5 Å². The zero-order valence-electron chi connectivity index (χ0n) is 9.60. The lowest BCUT2D eigenvalue weighted by Crippen LogP contribution is -2.20. The summed E-state index contributed by atoms with van der Waals surface area (Å²) in [6.45, 7) is 14.6. The molecule has 0 radical (unpaired) electrons. The third-order valence-electron chi connectivity index (χ3n) is 1.15. The first kappa shape index (κ1) is 14.4. The average Bonchev–Trinajstić information content (AvgIpc) is 2.37. The Labute approximate surface area is 77.3 Å². The molecular weight excluding hydrogens is 152 g/mol. The third-order valence-corrected chi connectivity index (χ3v) is 1.15. The van der Waals surface area contributed by atoms with Crippen LogP contribution in [0.2, 0.25) is 0 Å². The van der Waals surface area contributed by atoms with Crippen LogP contribution in [0.1, 0.15) is 48.5 Å². The Bertz CT molecular complexity index is 89.8. The molecule has 1 aliphatic heterocycles. The van der Waals surface area contributed by atoms with Crippen LogP contribution in [0.25, 0.3) is 0 Å². The number of hydrogen-bond donors (Lipinski definition) is 0. The Kier molecular flexibility index (Phi) is 9.10. The summed E-state index contributed by atoms with van der Waals surface area (Å²) in [7, 11) is 0. The maximum Gasteiger partial charge on any atom is 0.163 e. The molecule has 0 aromatic rings. The molecule has 1 fully saturated rings. The number of rotatable bonds is 0. The summed E-state index contributed by atoms with van der Waals surface area (Å²) in [5.41, 5.74) is 0. The molecule has 0 saturated carbocycles. The molecule has 2 nitrogen and oxygen atoms in total. The highest BCUT2D eigenvalue weighted by Crippen LogP contribution is 2.21. The Morgan fingerprint density at radius 3 is 1.58 bits per heavy atom. The van der Waals surface area contributed by atoms with Crippen molar-refractivity contribution in [2.45, 2.75) is 60.4 Å². The van der Waals surface area contributed by atoms with Crippen molar-refractivity contribution >= 4 is 0 Å². The Morgan fingerprint density at radius 2 is 1.50 bits per heavy atom. The van der Waals surface area contributed by atoms with Gasteiger partial charge in [-0.1, -0.05) is 27.7 Å². The second-order valence-electron chi connectivity index (χ2n) is 2.64. The molecule has 12 heavy (non-hydrogen) atoms. The van der Waals surface area contributed by atoms with E-state index in [1.54, 1.807) is 0 Å². The lowest BCUT2D eigenvalue weighted by molar-refractivity contribution is -0.136. The lowest BCUT2D eigenvalue weighted by Gasteiger charge is -2.15. The molecule has 0 N–H and O–H groups in total. The highest BCUT2D eigenvalue weighted by atomic mass is 16.7. The molecule has 0 spiro atoms. The SMILES string of the molecule is CC.CC.CC1COC(C)(C)O1. The van der Waals surface area contributed by atoms with Gasteiger partial charge in [0.1, 0.15) is 0 Å². The molecule has 2 heteroatoms. The second-order valence-corrected chi connectivity index (χ2v) is 2.64. The molecule has 1 unspecified atom stereocenters. The van der Waals surface area contributed by atoms with Crippen molar-refractivity contribution in [3.63, 3.8) is 0 Å². The molecule has 0 aromatic carbocycles. The third kappa shape index (κ3) is 6.62. The van der Waals surface area contributed by atoms with Gasteiger partial charge in [0.25, 0.3) is 0 Å². The Balaban J connectivity index is 0. The average molecular weight is 176 g/mol. The van der Waals surface area contributed by atoms with Crippen molar-refractivity contribution in [2.24, 2.45) is 0 Å². The van der Waals surface area contributed by atoms with Gasteiger partial charge in [0.05, 0.1) is 12.7 Å². The molecule has 1 aliphatic rings. The van der Waals surface area contributed by atoms with E-state index in [9.17, 15) is 0 Å². The quantitative estimate of drug-likeness (QED) is 0.564. The maximum absolute atomic E-state index is 5.33. The van der Waals surface area contributed by atoms with Crippen LogP contribution in [-0.2, 0) is 9.47 Å². The van der Waals surface area contributed by atoms with Gasteiger partial charge >= 0.3 is 0 Å². The normalized spacial score (nSPS) is 24.8. The van der Waals surface area contributed by atoms with E-state index in [1.807, 2.05) is 48.5 Å². The largest absolute Gasteiger partial charge is 0.348 e. The first-order valence-corrected chi connectivity index (χ1v) is 4.92. The fourth-order valence-electron chi connectivity index (χ4n) is 0.871. The fourth-order valence-corrected chi connectivity index (χ4v) is 0.871. The van der Waals surface area contributed by atoms with Gasteiger partial charge in [-0.2, -0.15) is 0 Å². The standard InChI is InChI=1S/C6H12O2.2C2H6/c1-5-4-7-6(2,3)8-5;2*1-2/h5H,4H2,1-3H3;2*1-2H3. The smallest absolute Gasteiger partial charge is 0.163 e. The summed E-state index contributed by atoms with van der Waals surface area (Å²) in [5, 5.41) is 0. The fraction of sp³-hybridized carbons (Fsp3) is 1.00. The highest BCUT2D eigenvalue weighted by Gasteiger charge is 2.29. The van der Waals surface area contributed by atoms with Crippen molar-refractivity contribution in [3.8, 4) is 0 Å². The second kappa shape index (κ2) is 7.56. The predicted molar refractivity (Wildman–Crippen MR) is 53.3 cm³/mol. The van der Waals surface area contributed by atoms with Crippen LogP contribution >= 0.6 is 0 Å². The molecule has 1 heterocycles. The van der Waals surface area contributed by atoms with Crippen LogP contribution in [0.4, 0.5) is 0 Å². The lowest BCUT2D eigenvalue weighted by atomic mass is 10.4. The van der Waals surface area contributed by atoms with Crippen molar-refractivity contribution in [3.05, 3.63) is 0 Å². The highest BCUT2D eigenvalue weighted by molar-refractivity contribution is 4.65. The van der Waals surface area contributed by atoms with E-state index in [2.05, 4.69) is 0 Å². The molecular formula is C10H24O2. The Morgan fingerprint density at radius 1 is 1.08 bits per heavy atom. The van der Waals surface area contributed by atoms with E-state index in [0.717, 1.165) is 6.61 Å². The van der Waals surface area contributed by atoms with Crippen molar-refractivity contribution in [1.29, 1.82) is 0 Å². The summed E-state index contributed by atoms with van der Waals surface area (Å²) in [6, 6.07) is 0. The predicted octanol–water partition coefficient (Wildman–Crippen LogP) is 3.21. The molecule has 1 saturated heterocycles. The van der Waals surface area contributed by atoms with E-state index < -0.39 is 0 Å². The van der Waals surface area contributed by atoms with Crippen LogP contribution in [0.15, 0.2) is 0 Å². The summed E-state index contributed by atoms with van der Waals surface area (Å²) < 4.78 is 10.6. The van der Waals surface area contributed by atoms with E-state index in [-0.39, 0.29) is 11.9 Å². The van der Waals surface area contributed by atoms with Crippen molar-refractivity contribution in [2.75, 3.05) is 6.61 Å². The monoisotopic (exact) mass is 176 g/mol. The number of ether oxygens (including phenoxy) is 2. The zero-order valence-corrected chi connectivity index (χ0v) is 9.60. The van der Waals surface area contributed by atoms with Gasteiger partial charge in [-0.05, 0) is 20.8 Å². The molecule has 76 valence electrons. The number of hydrogen-bond acceptors (Lipinski definition) is 2. The van der Waals surface area contributed by atoms with E-state index >= 15 is 0 Å². The van der Waals surface area contributed by atoms with E-state index in [1.165, 1.54) is 0 Å². The van der Waals surface area contributed by atoms with Gasteiger partial charge in [-0.15, -0.1) is 0 Å². The Hall–Kier alpha value is -0.0800. The minimum Gasteiger partial charge on any atom is -0.348 e. The van der Waals surface area contributed by atoms with Crippen molar-refractivity contribution in [1.82, 2.24) is 0 Å². The minimum absolute atomic E-state index is 0.269. The van der Waals surface area contributed by atoms with Crippen molar-refractivity contribution < 1.29 is 9.47 Å². The molecule has 0 amide bonds. The maximum atomic E-state index is 5.33. The van der Waals surface area contributed by atoms with Crippen LogP contribution < -0.4 is 0 Å². The molecule has 0 bridgehead atoms. The first-order valence-electron chi connectivity index (χ1n) is 4.92. The van der Waals surface area contributed by atoms with Gasteiger partial charge in [0, 0.05) is 0 Å². The summed E-state index contributed by atoms with van der Waals surface area (Å²) in [6.07, 6.45) is 0.269. The van der Waals surface area contributed by atoms with Gasteiger partial charge in [-0.25, -0.2) is 0 Å². The zero-order chi connectivity index (χ0) is 10.2. The van der Waals surface area contributed by atoms with Gasteiger partial charge in [-0.3, -0.25) is 0 Å². The van der Waals surface area contributed by atoms with Crippen LogP contribution in [0.3, 0.4) is 0 Å². The molecule has 1 atom stereocenters. The van der Waals surface area contributed by atoms with E-state index in [0.29, 0.717) is 0 Å². The first-order chi connectivity index (χ1) is 5.60. The molecule has 0 aliphatic carbocycles. The summed E-state index contributed by atoms with van der Waals surface area (Å²) in [4.78, 5) is 0. The van der Waals surface area contributed by atoms with Crippen LogP contribution in [0.5, 0.6) is 0 Å².